The summed E-state index contributed by atoms with van der Waals surface area (Å²) in [5, 5.41) is 23.1. The quantitative estimate of drug-likeness (QED) is 0.173. The normalized spacial score (nSPS) is 21.2. The van der Waals surface area contributed by atoms with E-state index in [0.717, 1.165) is 39.5 Å². The van der Waals surface area contributed by atoms with Crippen molar-refractivity contribution < 1.29 is 19.4 Å². The SMILES string of the molecule is COc1ccc([Si](C)(C)[C@@H]2[C@@H](CCn3cc(CCO)nn3)O[C@]3(C(=O)N(Cc4ccc(-n5[nH]c6ccccc6c5=O)cc4)c4ccccc43)[C@H]2C)cc1. The Kier molecular flexibility index (Phi) is 8.92. The Morgan fingerprint density at radius 1 is 0.962 bits per heavy atom. The summed E-state index contributed by atoms with van der Waals surface area (Å²) in [6.45, 7) is 7.90. The van der Waals surface area contributed by atoms with Gasteiger partial charge in [-0.2, -0.15) is 0 Å². The van der Waals surface area contributed by atoms with Crippen LogP contribution in [0, 0.1) is 5.92 Å². The largest absolute Gasteiger partial charge is 0.497 e. The van der Waals surface area contributed by atoms with E-state index < -0.39 is 13.7 Å². The Morgan fingerprint density at radius 3 is 2.43 bits per heavy atom. The number of hydrogen-bond donors (Lipinski definition) is 2. The number of nitrogens with zero attached hydrogens (tertiary/aromatic N) is 5. The number of benzene rings is 4. The van der Waals surface area contributed by atoms with Crippen LogP contribution in [0.2, 0.25) is 18.6 Å². The number of aryl methyl sites for hydroxylation is 1. The zero-order chi connectivity index (χ0) is 36.9. The number of carbonyl (C=O) groups is 1. The third-order valence-corrected chi connectivity index (χ3v) is 15.8. The van der Waals surface area contributed by atoms with Crippen LogP contribution in [0.4, 0.5) is 5.69 Å². The molecule has 0 unspecified atom stereocenters. The van der Waals surface area contributed by atoms with Gasteiger partial charge in [-0.1, -0.05) is 85.0 Å². The lowest BCUT2D eigenvalue weighted by Crippen LogP contribution is -2.51. The lowest BCUT2D eigenvalue weighted by molar-refractivity contribution is -0.146. The summed E-state index contributed by atoms with van der Waals surface area (Å²) in [6, 6.07) is 31.6. The van der Waals surface area contributed by atoms with E-state index in [2.05, 4.69) is 53.6 Å². The van der Waals surface area contributed by atoms with Crippen LogP contribution in [0.25, 0.3) is 16.6 Å². The number of aromatic amines is 1. The van der Waals surface area contributed by atoms with Gasteiger partial charge in [-0.25, -0.2) is 4.68 Å². The zero-order valence-electron chi connectivity index (χ0n) is 30.4. The number of aromatic nitrogens is 5. The summed E-state index contributed by atoms with van der Waals surface area (Å²) in [5.41, 5.74) is 3.75. The number of methoxy groups -OCH3 is 1. The van der Waals surface area contributed by atoms with Crippen LogP contribution >= 0.6 is 0 Å². The molecule has 0 saturated carbocycles. The first-order valence-corrected chi connectivity index (χ1v) is 21.3. The minimum absolute atomic E-state index is 0.0144. The molecule has 2 aromatic heterocycles. The highest BCUT2D eigenvalue weighted by molar-refractivity contribution is 6.91. The van der Waals surface area contributed by atoms with Crippen molar-refractivity contribution in [3.05, 3.63) is 130 Å². The fourth-order valence-corrected chi connectivity index (χ4v) is 12.9. The number of fused-ring (bicyclic) bond motifs is 3. The van der Waals surface area contributed by atoms with Gasteiger partial charge in [0.25, 0.3) is 11.5 Å². The lowest BCUT2D eigenvalue weighted by Gasteiger charge is -2.37. The summed E-state index contributed by atoms with van der Waals surface area (Å²) < 4.78 is 16.1. The lowest BCUT2D eigenvalue weighted by atomic mass is 9.82. The summed E-state index contributed by atoms with van der Waals surface area (Å²) in [4.78, 5) is 30.1. The Balaban J connectivity index is 1.13. The molecule has 4 heterocycles. The predicted molar refractivity (Wildman–Crippen MR) is 207 cm³/mol. The van der Waals surface area contributed by atoms with Gasteiger partial charge >= 0.3 is 0 Å². The summed E-state index contributed by atoms with van der Waals surface area (Å²) in [5.74, 6) is 0.621. The first-order valence-electron chi connectivity index (χ1n) is 18.2. The topological polar surface area (TPSA) is 127 Å². The number of hydrogen-bond acceptors (Lipinski definition) is 7. The van der Waals surface area contributed by atoms with Crippen LogP contribution in [0.1, 0.15) is 30.2 Å². The molecule has 8 rings (SSSR count). The second kappa shape index (κ2) is 13.6. The summed E-state index contributed by atoms with van der Waals surface area (Å²) in [7, 11) is -0.636. The monoisotopic (exact) mass is 728 g/mol. The van der Waals surface area contributed by atoms with Crippen LogP contribution in [0.15, 0.2) is 108 Å². The Bertz CT molecular complexity index is 2330. The maximum atomic E-state index is 15.1. The number of aliphatic hydroxyl groups is 1. The highest BCUT2D eigenvalue weighted by Crippen LogP contribution is 2.60. The van der Waals surface area contributed by atoms with Gasteiger partial charge in [0, 0.05) is 37.3 Å². The molecule has 6 aromatic rings. The van der Waals surface area contributed by atoms with Crippen molar-refractivity contribution in [1.29, 1.82) is 0 Å². The van der Waals surface area contributed by atoms with E-state index in [4.69, 9.17) is 9.47 Å². The molecule has 2 aliphatic rings. The number of amides is 1. The molecular weight excluding hydrogens is 685 g/mol. The van der Waals surface area contributed by atoms with Gasteiger partial charge in [0.15, 0.2) is 5.60 Å². The van der Waals surface area contributed by atoms with Gasteiger partial charge in [-0.15, -0.1) is 5.10 Å². The van der Waals surface area contributed by atoms with Crippen LogP contribution in [0.3, 0.4) is 0 Å². The molecule has 4 aromatic carbocycles. The molecule has 53 heavy (non-hydrogen) atoms. The van der Waals surface area contributed by atoms with Crippen LogP contribution in [-0.4, -0.2) is 63.7 Å². The van der Waals surface area contributed by atoms with Crippen molar-refractivity contribution in [3.63, 3.8) is 0 Å². The molecule has 1 amide bonds. The van der Waals surface area contributed by atoms with Gasteiger partial charge in [-0.3, -0.25) is 19.4 Å². The van der Waals surface area contributed by atoms with E-state index in [-0.39, 0.29) is 35.6 Å². The minimum atomic E-state index is -2.31. The molecule has 1 saturated heterocycles. The molecule has 0 bridgehead atoms. The van der Waals surface area contributed by atoms with Crippen molar-refractivity contribution >= 4 is 35.8 Å². The predicted octanol–water partition coefficient (Wildman–Crippen LogP) is 5.31. The molecule has 2 aliphatic heterocycles. The summed E-state index contributed by atoms with van der Waals surface area (Å²) in [6.07, 6.45) is 2.74. The second-order valence-electron chi connectivity index (χ2n) is 14.8. The summed E-state index contributed by atoms with van der Waals surface area (Å²) >= 11 is 0. The average Bonchev–Trinajstić information content (AvgIpc) is 3.91. The van der Waals surface area contributed by atoms with Crippen molar-refractivity contribution in [2.45, 2.75) is 63.2 Å². The third kappa shape index (κ3) is 5.81. The number of carbonyl (C=O) groups excluding carboxylic acids is 1. The first kappa shape index (κ1) is 34.8. The molecular formula is C41H44N6O5Si. The maximum Gasteiger partial charge on any atom is 0.279 e. The smallest absolute Gasteiger partial charge is 0.279 e. The number of rotatable bonds is 11. The van der Waals surface area contributed by atoms with E-state index in [1.54, 1.807) is 11.8 Å². The van der Waals surface area contributed by atoms with Gasteiger partial charge in [-0.05, 0) is 60.0 Å². The van der Waals surface area contributed by atoms with Crippen molar-refractivity contribution in [1.82, 2.24) is 24.8 Å². The third-order valence-electron chi connectivity index (χ3n) is 11.5. The number of aliphatic hydroxyl groups excluding tert-OH is 1. The molecule has 2 N–H and O–H groups in total. The molecule has 12 heteroatoms. The Labute approximate surface area is 308 Å². The fourth-order valence-electron chi connectivity index (χ4n) is 8.80. The van der Waals surface area contributed by atoms with E-state index in [0.29, 0.717) is 31.3 Å². The molecule has 11 nitrogen and oxygen atoms in total. The second-order valence-corrected chi connectivity index (χ2v) is 19.5. The number of H-pyrrole nitrogens is 1. The van der Waals surface area contributed by atoms with Crippen molar-refractivity contribution in [3.8, 4) is 11.4 Å². The van der Waals surface area contributed by atoms with Crippen LogP contribution in [-0.2, 0) is 34.6 Å². The standard InChI is InChI=1S/C41H44N6O5Si/c1-27-38(53(3,4)32-19-17-31(51-2)18-20-32)37(21-23-45-26-29(22-24-48)42-44-45)52-41(27)34-10-6-8-12-36(34)46(40(41)50)25-28-13-15-30(16-14-28)47-39(49)33-9-5-7-11-35(33)43-47/h5-20,26-27,37-38,43,48H,21-25H2,1-4H3/t27-,37+,38-,41+/m0/s1. The van der Waals surface area contributed by atoms with Gasteiger partial charge in [0.1, 0.15) is 5.75 Å². The number of para-hydroxylation sites is 2. The molecule has 0 aliphatic carbocycles. The van der Waals surface area contributed by atoms with Crippen LogP contribution < -0.4 is 20.4 Å². The fraction of sp³-hybridized carbons (Fsp3) is 0.317. The Hall–Kier alpha value is -5.30. The number of nitrogens with one attached hydrogen (secondary N) is 1. The number of ether oxygens (including phenoxy) is 2. The van der Waals surface area contributed by atoms with E-state index in [1.165, 1.54) is 5.19 Å². The van der Waals surface area contributed by atoms with Gasteiger partial charge < -0.3 is 19.5 Å². The molecule has 1 spiro atoms. The van der Waals surface area contributed by atoms with E-state index in [9.17, 15) is 9.90 Å². The van der Waals surface area contributed by atoms with Crippen molar-refractivity contribution in [2.24, 2.45) is 5.92 Å². The van der Waals surface area contributed by atoms with Gasteiger partial charge in [0.05, 0.1) is 55.8 Å². The molecule has 272 valence electrons. The Morgan fingerprint density at radius 2 is 1.70 bits per heavy atom. The first-order chi connectivity index (χ1) is 25.6. The van der Waals surface area contributed by atoms with E-state index in [1.807, 2.05) is 94.6 Å². The molecule has 1 fully saturated rings. The number of anilines is 1. The highest BCUT2D eigenvalue weighted by atomic mass is 28.3. The minimum Gasteiger partial charge on any atom is -0.497 e. The highest BCUT2D eigenvalue weighted by Gasteiger charge is 2.66. The zero-order valence-corrected chi connectivity index (χ0v) is 31.4. The van der Waals surface area contributed by atoms with E-state index >= 15 is 4.79 Å². The van der Waals surface area contributed by atoms with Gasteiger partial charge in [0.2, 0.25) is 0 Å². The average molecular weight is 729 g/mol. The molecule has 0 radical (unpaired) electrons. The molecule has 4 atom stereocenters. The maximum absolute atomic E-state index is 15.1. The van der Waals surface area contributed by atoms with Crippen LogP contribution in [0.5, 0.6) is 5.75 Å². The van der Waals surface area contributed by atoms with Crippen molar-refractivity contribution in [2.75, 3.05) is 18.6 Å².